The van der Waals surface area contributed by atoms with Crippen LogP contribution >= 0.6 is 0 Å². The highest BCUT2D eigenvalue weighted by molar-refractivity contribution is 5.74. The van der Waals surface area contributed by atoms with Gasteiger partial charge in [-0.05, 0) is 5.56 Å². The van der Waals surface area contributed by atoms with E-state index >= 15 is 0 Å². The predicted molar refractivity (Wildman–Crippen MR) is 58.9 cm³/mol. The zero-order valence-electron chi connectivity index (χ0n) is 9.95. The van der Waals surface area contributed by atoms with Gasteiger partial charge in [0.05, 0.1) is 25.4 Å². The number of carbonyl (C=O) groups excluding carboxylic acids is 1. The minimum absolute atomic E-state index is 0.0796. The summed E-state index contributed by atoms with van der Waals surface area (Å²) in [5.74, 6) is -1.51. The standard InChI is InChI=1S/C10H12F3N3O3/c1-18-8(17)2-5-6(3-14)7(15)4-16-9(5)19-10(11,12)13/h4H,2-3,14-15H2,1H3. The Kier molecular flexibility index (Phi) is 4.54. The molecule has 106 valence electrons. The molecule has 0 radical (unpaired) electrons. The molecular formula is C10H12F3N3O3. The van der Waals surface area contributed by atoms with E-state index in [-0.39, 0.29) is 23.4 Å². The molecule has 0 spiro atoms. The van der Waals surface area contributed by atoms with Crippen molar-refractivity contribution < 1.29 is 27.4 Å². The summed E-state index contributed by atoms with van der Waals surface area (Å²) in [6, 6.07) is 0. The Morgan fingerprint density at radius 2 is 2.05 bits per heavy atom. The van der Waals surface area contributed by atoms with Gasteiger partial charge in [-0.15, -0.1) is 13.2 Å². The van der Waals surface area contributed by atoms with E-state index in [9.17, 15) is 18.0 Å². The fourth-order valence-corrected chi connectivity index (χ4v) is 1.42. The molecule has 0 fully saturated rings. The molecule has 1 aromatic heterocycles. The molecule has 19 heavy (non-hydrogen) atoms. The smallest absolute Gasteiger partial charge is 0.469 e. The summed E-state index contributed by atoms with van der Waals surface area (Å²) in [5, 5.41) is 0. The number of nitrogens with two attached hydrogens (primary N) is 2. The lowest BCUT2D eigenvalue weighted by atomic mass is 10.1. The zero-order valence-corrected chi connectivity index (χ0v) is 9.95. The highest BCUT2D eigenvalue weighted by atomic mass is 19.4. The van der Waals surface area contributed by atoms with Crippen LogP contribution in [0.1, 0.15) is 11.1 Å². The molecule has 9 heteroatoms. The lowest BCUT2D eigenvalue weighted by molar-refractivity contribution is -0.276. The van der Waals surface area contributed by atoms with E-state index in [1.165, 1.54) is 0 Å². The molecule has 0 aliphatic rings. The number of hydrogen-bond donors (Lipinski definition) is 2. The second kappa shape index (κ2) is 5.74. The number of halogens is 3. The first-order chi connectivity index (χ1) is 8.78. The number of ether oxygens (including phenoxy) is 2. The first-order valence-corrected chi connectivity index (χ1v) is 5.07. The first-order valence-electron chi connectivity index (χ1n) is 5.07. The van der Waals surface area contributed by atoms with Crippen molar-refractivity contribution in [1.82, 2.24) is 4.98 Å². The third kappa shape index (κ3) is 3.98. The van der Waals surface area contributed by atoms with Gasteiger partial charge >= 0.3 is 12.3 Å². The van der Waals surface area contributed by atoms with Gasteiger partial charge in [0.25, 0.3) is 0 Å². The Hall–Kier alpha value is -2.03. The highest BCUT2D eigenvalue weighted by Gasteiger charge is 2.34. The van der Waals surface area contributed by atoms with Gasteiger partial charge in [0.15, 0.2) is 0 Å². The number of esters is 1. The molecule has 0 unspecified atom stereocenters. The van der Waals surface area contributed by atoms with Gasteiger partial charge in [0.1, 0.15) is 0 Å². The van der Waals surface area contributed by atoms with E-state index in [1.807, 2.05) is 0 Å². The summed E-state index contributed by atoms with van der Waals surface area (Å²) >= 11 is 0. The zero-order chi connectivity index (χ0) is 14.6. The molecular weight excluding hydrogens is 267 g/mol. The number of rotatable bonds is 4. The van der Waals surface area contributed by atoms with Gasteiger partial charge in [0.2, 0.25) is 5.88 Å². The molecule has 6 nitrogen and oxygen atoms in total. The number of alkyl halides is 3. The number of anilines is 1. The number of nitrogens with zero attached hydrogens (tertiary/aromatic N) is 1. The highest BCUT2D eigenvalue weighted by Crippen LogP contribution is 2.29. The van der Waals surface area contributed by atoms with Crippen LogP contribution in [0.4, 0.5) is 18.9 Å². The number of hydrogen-bond acceptors (Lipinski definition) is 6. The minimum Gasteiger partial charge on any atom is -0.469 e. The lowest BCUT2D eigenvalue weighted by Gasteiger charge is -2.15. The van der Waals surface area contributed by atoms with Crippen LogP contribution in [0, 0.1) is 0 Å². The monoisotopic (exact) mass is 279 g/mol. The van der Waals surface area contributed by atoms with E-state index in [0.717, 1.165) is 13.3 Å². The lowest BCUT2D eigenvalue weighted by Crippen LogP contribution is -2.21. The van der Waals surface area contributed by atoms with Crippen LogP contribution in [0.2, 0.25) is 0 Å². The summed E-state index contributed by atoms with van der Waals surface area (Å²) < 4.78 is 44.8. The number of pyridine rings is 1. The maximum absolute atomic E-state index is 12.2. The van der Waals surface area contributed by atoms with Crippen molar-refractivity contribution in [1.29, 1.82) is 0 Å². The third-order valence-corrected chi connectivity index (χ3v) is 2.26. The Morgan fingerprint density at radius 1 is 1.42 bits per heavy atom. The average Bonchev–Trinajstić information content (AvgIpc) is 2.31. The van der Waals surface area contributed by atoms with Gasteiger partial charge in [-0.3, -0.25) is 4.79 Å². The fraction of sp³-hybridized carbons (Fsp3) is 0.400. The summed E-state index contributed by atoms with van der Waals surface area (Å²) in [7, 11) is 1.11. The Balaban J connectivity index is 3.25. The van der Waals surface area contributed by atoms with Crippen LogP contribution in [-0.2, 0) is 22.5 Å². The molecule has 0 aliphatic carbocycles. The Bertz CT molecular complexity index is 477. The maximum Gasteiger partial charge on any atom is 0.574 e. The average molecular weight is 279 g/mol. The number of aromatic nitrogens is 1. The van der Waals surface area contributed by atoms with Crippen molar-refractivity contribution in [2.24, 2.45) is 5.73 Å². The van der Waals surface area contributed by atoms with Gasteiger partial charge in [-0.25, -0.2) is 4.98 Å². The van der Waals surface area contributed by atoms with Gasteiger partial charge in [-0.1, -0.05) is 0 Å². The molecule has 1 aromatic rings. The predicted octanol–water partition coefficient (Wildman–Crippen LogP) is 0.737. The SMILES string of the molecule is COC(=O)Cc1c(OC(F)(F)F)ncc(N)c1CN. The minimum atomic E-state index is -4.93. The third-order valence-electron chi connectivity index (χ3n) is 2.26. The number of methoxy groups -OCH3 is 1. The van der Waals surface area contributed by atoms with Crippen LogP contribution in [0.3, 0.4) is 0 Å². The molecule has 1 heterocycles. The number of carbonyl (C=O) groups is 1. The molecule has 0 atom stereocenters. The van der Waals surface area contributed by atoms with E-state index in [0.29, 0.717) is 0 Å². The van der Waals surface area contributed by atoms with Crippen molar-refractivity contribution in [2.75, 3.05) is 12.8 Å². The van der Waals surface area contributed by atoms with Crippen molar-refractivity contribution in [3.8, 4) is 5.88 Å². The van der Waals surface area contributed by atoms with Crippen LogP contribution < -0.4 is 16.2 Å². The van der Waals surface area contributed by atoms with Crippen molar-refractivity contribution in [3.05, 3.63) is 17.3 Å². The summed E-state index contributed by atoms with van der Waals surface area (Å²) in [6.45, 7) is -0.158. The van der Waals surface area contributed by atoms with E-state index in [2.05, 4.69) is 14.5 Å². The quantitative estimate of drug-likeness (QED) is 0.788. The largest absolute Gasteiger partial charge is 0.574 e. The normalized spacial score (nSPS) is 11.2. The first kappa shape index (κ1) is 15.0. The van der Waals surface area contributed by atoms with E-state index in [4.69, 9.17) is 11.5 Å². The summed E-state index contributed by atoms with van der Waals surface area (Å²) in [4.78, 5) is 14.6. The second-order valence-electron chi connectivity index (χ2n) is 3.48. The van der Waals surface area contributed by atoms with Crippen LogP contribution in [0.25, 0.3) is 0 Å². The second-order valence-corrected chi connectivity index (χ2v) is 3.48. The molecule has 0 saturated carbocycles. The topological polar surface area (TPSA) is 100 Å². The number of nitrogen functional groups attached to an aromatic ring is 1. The molecule has 1 rings (SSSR count). The van der Waals surface area contributed by atoms with Gasteiger partial charge in [-0.2, -0.15) is 0 Å². The fourth-order valence-electron chi connectivity index (χ4n) is 1.42. The van der Waals surface area contributed by atoms with E-state index in [1.54, 1.807) is 0 Å². The molecule has 0 saturated heterocycles. The summed E-state index contributed by atoms with van der Waals surface area (Å²) in [6.07, 6.45) is -4.41. The Labute approximate surface area is 106 Å². The van der Waals surface area contributed by atoms with Crippen molar-refractivity contribution in [2.45, 2.75) is 19.3 Å². The molecule has 4 N–H and O–H groups in total. The van der Waals surface area contributed by atoms with Crippen LogP contribution in [0.15, 0.2) is 6.20 Å². The summed E-state index contributed by atoms with van der Waals surface area (Å²) in [5.41, 5.74) is 11.1. The van der Waals surface area contributed by atoms with Crippen molar-refractivity contribution in [3.63, 3.8) is 0 Å². The van der Waals surface area contributed by atoms with Crippen molar-refractivity contribution >= 4 is 11.7 Å². The van der Waals surface area contributed by atoms with E-state index < -0.39 is 24.6 Å². The molecule has 0 aliphatic heterocycles. The maximum atomic E-state index is 12.2. The molecule has 0 aromatic carbocycles. The van der Waals surface area contributed by atoms with Gasteiger partial charge in [0, 0.05) is 12.1 Å². The molecule has 0 amide bonds. The molecule has 0 bridgehead atoms. The Morgan fingerprint density at radius 3 is 2.53 bits per heavy atom. The van der Waals surface area contributed by atoms with Crippen LogP contribution in [0.5, 0.6) is 5.88 Å². The van der Waals surface area contributed by atoms with Gasteiger partial charge < -0.3 is 20.9 Å². The van der Waals surface area contributed by atoms with Crippen LogP contribution in [-0.4, -0.2) is 24.4 Å².